The third-order valence-electron chi connectivity index (χ3n) is 9.77. The van der Waals surface area contributed by atoms with Crippen molar-refractivity contribution in [2.24, 2.45) is 22.9 Å². The Morgan fingerprint density at radius 2 is 1.24 bits per heavy atom. The quantitative estimate of drug-likeness (QED) is 0.446. The molecule has 0 amide bonds. The monoisotopic (exact) mass is 461 g/mol. The van der Waals surface area contributed by atoms with E-state index in [0.717, 1.165) is 75.3 Å². The largest absolute Gasteiger partial charge is 0.393 e. The topological polar surface area (TPSA) is 59.3 Å². The highest BCUT2D eigenvalue weighted by molar-refractivity contribution is 5.60. The zero-order valence-electron chi connectivity index (χ0n) is 21.6. The van der Waals surface area contributed by atoms with E-state index in [1.54, 1.807) is 0 Å². The lowest BCUT2D eigenvalue weighted by molar-refractivity contribution is 0.0223. The summed E-state index contributed by atoms with van der Waals surface area (Å²) in [6.07, 6.45) is 19.7. The van der Waals surface area contributed by atoms with Crippen molar-refractivity contribution in [1.82, 2.24) is 9.91 Å². The van der Waals surface area contributed by atoms with Crippen LogP contribution in [-0.4, -0.2) is 69.8 Å². The minimum atomic E-state index is -0.117. The molecule has 0 spiro atoms. The highest BCUT2D eigenvalue weighted by atomic mass is 16.3. The first-order valence-corrected chi connectivity index (χ1v) is 14.5. The van der Waals surface area contributed by atoms with Gasteiger partial charge in [0.15, 0.2) is 0 Å². The molecule has 4 saturated carbocycles. The van der Waals surface area contributed by atoms with Gasteiger partial charge in [0.05, 0.1) is 12.2 Å². The summed E-state index contributed by atoms with van der Waals surface area (Å²) in [4.78, 5) is 2.76. The van der Waals surface area contributed by atoms with Crippen LogP contribution in [-0.2, 0) is 0 Å². The van der Waals surface area contributed by atoms with Gasteiger partial charge in [0.2, 0.25) is 0 Å². The van der Waals surface area contributed by atoms with Gasteiger partial charge in [-0.15, -0.1) is 0 Å². The zero-order valence-corrected chi connectivity index (χ0v) is 21.6. The molecule has 0 aromatic heterocycles. The fraction of sp³-hybridized carbons (Fsp3) is 0.964. The summed E-state index contributed by atoms with van der Waals surface area (Å²) >= 11 is 0. The molecule has 5 fully saturated rings. The molecule has 5 nitrogen and oxygen atoms in total. The highest BCUT2D eigenvalue weighted by Gasteiger charge is 2.49. The normalized spacial score (nSPS) is 44.0. The number of likely N-dealkylation sites (tertiary alicyclic amines) is 1. The van der Waals surface area contributed by atoms with Gasteiger partial charge in [0, 0.05) is 30.4 Å². The van der Waals surface area contributed by atoms with E-state index in [-0.39, 0.29) is 12.2 Å². The van der Waals surface area contributed by atoms with Crippen LogP contribution < -0.4 is 0 Å². The van der Waals surface area contributed by atoms with E-state index in [1.165, 1.54) is 44.9 Å². The summed E-state index contributed by atoms with van der Waals surface area (Å²) in [5.74, 6) is 2.43. The Balaban J connectivity index is 0.00000126. The molecule has 5 unspecified atom stereocenters. The maximum atomic E-state index is 10.00. The van der Waals surface area contributed by atoms with Gasteiger partial charge in [0.1, 0.15) is 0 Å². The molecule has 0 aromatic rings. The van der Waals surface area contributed by atoms with Crippen molar-refractivity contribution >= 4 is 6.21 Å². The third-order valence-corrected chi connectivity index (χ3v) is 9.77. The van der Waals surface area contributed by atoms with E-state index in [0.29, 0.717) is 18.0 Å². The molecule has 0 bridgehead atoms. The summed E-state index contributed by atoms with van der Waals surface area (Å²) in [5.41, 5.74) is 0. The minimum absolute atomic E-state index is 0.117. The molecule has 5 heteroatoms. The molecule has 1 saturated heterocycles. The van der Waals surface area contributed by atoms with Crippen molar-refractivity contribution in [3.8, 4) is 0 Å². The van der Waals surface area contributed by atoms with Crippen LogP contribution in [0.3, 0.4) is 0 Å². The molecule has 5 aliphatic rings. The SMILES string of the molecule is CC.CN1C2CCCCC2C2CC(C=NN(C3CCC(O)CC3)C3CCC(O)CC3)CCC21. The van der Waals surface area contributed by atoms with E-state index in [9.17, 15) is 10.2 Å². The Kier molecular flexibility index (Phi) is 9.14. The van der Waals surface area contributed by atoms with Gasteiger partial charge in [-0.25, -0.2) is 0 Å². The molecule has 2 N–H and O–H groups in total. The second kappa shape index (κ2) is 11.9. The molecular weight excluding hydrogens is 410 g/mol. The third kappa shape index (κ3) is 5.78. The van der Waals surface area contributed by atoms with Crippen LogP contribution in [0.1, 0.15) is 110 Å². The fourth-order valence-corrected chi connectivity index (χ4v) is 8.02. The van der Waals surface area contributed by atoms with E-state index < -0.39 is 0 Å². The average Bonchev–Trinajstić information content (AvgIpc) is 3.14. The second-order valence-corrected chi connectivity index (χ2v) is 11.6. The lowest BCUT2D eigenvalue weighted by Gasteiger charge is -2.41. The summed E-state index contributed by atoms with van der Waals surface area (Å²) in [7, 11) is 2.40. The molecule has 190 valence electrons. The highest BCUT2D eigenvalue weighted by Crippen LogP contribution is 2.49. The Bertz CT molecular complexity index is 590. The standard InChI is InChI=1S/C26H45N3O2.C2H6/c1-28-25-5-3-2-4-23(25)24-16-18(6-15-26(24)28)17-27-29(19-7-11-21(30)12-8-19)20-9-13-22(31)14-10-20;1-2/h17-26,30-31H,2-16H2,1H3;1-2H3. The maximum absolute atomic E-state index is 10.00. The van der Waals surface area contributed by atoms with Crippen LogP contribution in [0.5, 0.6) is 0 Å². The van der Waals surface area contributed by atoms with Crippen molar-refractivity contribution in [3.05, 3.63) is 0 Å². The number of rotatable bonds is 4. The number of hydrogen-bond acceptors (Lipinski definition) is 5. The molecule has 33 heavy (non-hydrogen) atoms. The van der Waals surface area contributed by atoms with Crippen molar-refractivity contribution < 1.29 is 10.2 Å². The molecule has 1 heterocycles. The van der Waals surface area contributed by atoms with E-state index in [4.69, 9.17) is 5.10 Å². The smallest absolute Gasteiger partial charge is 0.0541 e. The molecule has 4 aliphatic carbocycles. The van der Waals surface area contributed by atoms with Crippen molar-refractivity contribution in [2.45, 2.75) is 147 Å². The number of nitrogens with zero attached hydrogens (tertiary/aromatic N) is 3. The predicted molar refractivity (Wildman–Crippen MR) is 136 cm³/mol. The summed E-state index contributed by atoms with van der Waals surface area (Å²) < 4.78 is 0. The van der Waals surface area contributed by atoms with Crippen LogP contribution in [0.4, 0.5) is 0 Å². The van der Waals surface area contributed by atoms with Gasteiger partial charge in [-0.1, -0.05) is 26.7 Å². The lowest BCUT2D eigenvalue weighted by atomic mass is 9.70. The average molecular weight is 462 g/mol. The fourth-order valence-electron chi connectivity index (χ4n) is 8.02. The van der Waals surface area contributed by atoms with Crippen LogP contribution in [0, 0.1) is 17.8 Å². The number of aliphatic hydroxyl groups is 2. The number of fused-ring (bicyclic) bond motifs is 3. The number of hydrazone groups is 1. The van der Waals surface area contributed by atoms with Crippen LogP contribution in [0.25, 0.3) is 0 Å². The first kappa shape index (κ1) is 25.4. The second-order valence-electron chi connectivity index (χ2n) is 11.6. The minimum Gasteiger partial charge on any atom is -0.393 e. The Morgan fingerprint density at radius 1 is 0.697 bits per heavy atom. The van der Waals surface area contributed by atoms with Crippen molar-refractivity contribution in [3.63, 3.8) is 0 Å². The van der Waals surface area contributed by atoms with E-state index in [2.05, 4.69) is 23.2 Å². The zero-order chi connectivity index (χ0) is 23.4. The van der Waals surface area contributed by atoms with Gasteiger partial charge < -0.3 is 10.2 Å². The summed E-state index contributed by atoms with van der Waals surface area (Å²) in [6, 6.07) is 2.60. The molecular formula is C28H51N3O2. The van der Waals surface area contributed by atoms with Crippen LogP contribution in [0.15, 0.2) is 5.10 Å². The molecule has 5 atom stereocenters. The molecule has 0 radical (unpaired) electrons. The molecule has 0 aromatic carbocycles. The van der Waals surface area contributed by atoms with Gasteiger partial charge >= 0.3 is 0 Å². The van der Waals surface area contributed by atoms with Gasteiger partial charge in [-0.2, -0.15) is 5.10 Å². The predicted octanol–water partition coefficient (Wildman–Crippen LogP) is 5.20. The molecule has 5 rings (SSSR count). The van der Waals surface area contributed by atoms with Gasteiger partial charge in [-0.05, 0) is 108 Å². The number of hydrogen-bond donors (Lipinski definition) is 2. The van der Waals surface area contributed by atoms with Gasteiger partial charge in [0.25, 0.3) is 0 Å². The van der Waals surface area contributed by atoms with E-state index >= 15 is 0 Å². The van der Waals surface area contributed by atoms with Crippen LogP contribution in [0.2, 0.25) is 0 Å². The maximum Gasteiger partial charge on any atom is 0.0541 e. The Labute approximate surface area is 203 Å². The van der Waals surface area contributed by atoms with Crippen LogP contribution >= 0.6 is 0 Å². The lowest BCUT2D eigenvalue weighted by Crippen LogP contribution is -2.44. The summed E-state index contributed by atoms with van der Waals surface area (Å²) in [6.45, 7) is 4.00. The van der Waals surface area contributed by atoms with Crippen molar-refractivity contribution in [2.75, 3.05) is 7.05 Å². The van der Waals surface area contributed by atoms with Crippen molar-refractivity contribution in [1.29, 1.82) is 0 Å². The first-order chi connectivity index (χ1) is 16.1. The van der Waals surface area contributed by atoms with E-state index in [1.807, 2.05) is 13.8 Å². The first-order valence-electron chi connectivity index (χ1n) is 14.5. The number of aliphatic hydroxyl groups excluding tert-OH is 2. The Morgan fingerprint density at radius 3 is 1.85 bits per heavy atom. The van der Waals surface area contributed by atoms with Gasteiger partial charge in [-0.3, -0.25) is 9.91 Å². The summed E-state index contributed by atoms with van der Waals surface area (Å²) in [5, 5.41) is 27.6. The Hall–Kier alpha value is -0.650. The molecule has 1 aliphatic heterocycles.